The van der Waals surface area contributed by atoms with Gasteiger partial charge in [-0.1, -0.05) is 29.9 Å². The van der Waals surface area contributed by atoms with Gasteiger partial charge in [0.25, 0.3) is 0 Å². The second-order valence-electron chi connectivity index (χ2n) is 3.76. The summed E-state index contributed by atoms with van der Waals surface area (Å²) in [6.45, 7) is 2.23. The Morgan fingerprint density at radius 1 is 1.50 bits per heavy atom. The Bertz CT molecular complexity index is 271. The minimum atomic E-state index is 0.661. The molecule has 3 atom stereocenters. The number of hydrogen-bond donors (Lipinski definition) is 0. The monoisotopic (exact) mass is 178 g/mol. The molecule has 3 unspecified atom stereocenters. The van der Waals surface area contributed by atoms with E-state index < -0.39 is 0 Å². The van der Waals surface area contributed by atoms with Gasteiger partial charge < -0.3 is 0 Å². The molecule has 0 N–H and O–H groups in total. The Morgan fingerprint density at radius 3 is 3.17 bits per heavy atom. The van der Waals surface area contributed by atoms with E-state index in [2.05, 4.69) is 40.5 Å². The lowest BCUT2D eigenvalue weighted by atomic mass is 9.81. The molecule has 0 fully saturated rings. The lowest BCUT2D eigenvalue weighted by Crippen LogP contribution is -2.19. The fourth-order valence-electron chi connectivity index (χ4n) is 2.03. The quantitative estimate of drug-likeness (QED) is 0.500. The third-order valence-corrected chi connectivity index (χ3v) is 3.46. The summed E-state index contributed by atoms with van der Waals surface area (Å²) in [5.41, 5.74) is 3.72. The van der Waals surface area contributed by atoms with E-state index in [1.807, 2.05) is 0 Å². The maximum Gasteiger partial charge on any atom is -0.00140 e. The fourth-order valence-corrected chi connectivity index (χ4v) is 2.57. The molecule has 64 valence electrons. The minimum Gasteiger partial charge on any atom is -0.130 e. The highest BCUT2D eigenvalue weighted by molar-refractivity contribution is 7.18. The van der Waals surface area contributed by atoms with Crippen molar-refractivity contribution < 1.29 is 0 Å². The molecule has 0 bridgehead atoms. The first-order valence-corrected chi connectivity index (χ1v) is 5.25. The van der Waals surface area contributed by atoms with Crippen LogP contribution >= 0.6 is 9.24 Å². The van der Waals surface area contributed by atoms with E-state index in [1.54, 1.807) is 0 Å². The van der Waals surface area contributed by atoms with Crippen LogP contribution in [0.3, 0.4) is 0 Å². The lowest BCUT2D eigenvalue weighted by Gasteiger charge is -2.29. The van der Waals surface area contributed by atoms with Crippen LogP contribution in [-0.4, -0.2) is 5.66 Å². The second-order valence-corrected chi connectivity index (χ2v) is 4.53. The normalized spacial score (nSPS) is 33.8. The van der Waals surface area contributed by atoms with Gasteiger partial charge in [0.15, 0.2) is 0 Å². The van der Waals surface area contributed by atoms with Gasteiger partial charge in [-0.05, 0) is 36.9 Å². The standard InChI is InChI=1S/C11H15P/c1-8-5-6-10-9(7-8)3-2-4-11(10)12/h2-4,7,10-11H,5-6,12H2,1H3. The number of fused-ring (bicyclic) bond motifs is 1. The average molecular weight is 178 g/mol. The molecule has 0 spiro atoms. The molecule has 0 amide bonds. The summed E-state index contributed by atoms with van der Waals surface area (Å²) < 4.78 is 0. The third-order valence-electron chi connectivity index (χ3n) is 2.78. The molecule has 0 radical (unpaired) electrons. The number of hydrogen-bond acceptors (Lipinski definition) is 0. The third kappa shape index (κ3) is 1.41. The van der Waals surface area contributed by atoms with E-state index in [9.17, 15) is 0 Å². The molecular formula is C11H15P. The van der Waals surface area contributed by atoms with E-state index >= 15 is 0 Å². The summed E-state index contributed by atoms with van der Waals surface area (Å²) in [6.07, 6.45) is 11.7. The molecule has 0 saturated carbocycles. The highest BCUT2D eigenvalue weighted by Crippen LogP contribution is 2.36. The molecule has 0 saturated heterocycles. The van der Waals surface area contributed by atoms with Crippen molar-refractivity contribution in [2.45, 2.75) is 25.4 Å². The minimum absolute atomic E-state index is 0.661. The van der Waals surface area contributed by atoms with Crippen molar-refractivity contribution in [1.29, 1.82) is 0 Å². The summed E-state index contributed by atoms with van der Waals surface area (Å²) in [4.78, 5) is 0. The first kappa shape index (κ1) is 8.26. The zero-order valence-corrected chi connectivity index (χ0v) is 8.61. The zero-order chi connectivity index (χ0) is 8.55. The van der Waals surface area contributed by atoms with Crippen molar-refractivity contribution in [2.24, 2.45) is 5.92 Å². The Hall–Kier alpha value is -0.350. The molecule has 0 aromatic rings. The summed E-state index contributed by atoms with van der Waals surface area (Å²) in [6, 6.07) is 0. The Kier molecular flexibility index (Phi) is 2.19. The Balaban J connectivity index is 2.31. The molecular weight excluding hydrogens is 163 g/mol. The molecule has 12 heavy (non-hydrogen) atoms. The van der Waals surface area contributed by atoms with E-state index in [0.717, 1.165) is 5.92 Å². The highest BCUT2D eigenvalue weighted by Gasteiger charge is 2.23. The molecule has 0 nitrogen and oxygen atoms in total. The summed E-state index contributed by atoms with van der Waals surface area (Å²) in [5, 5.41) is 0. The van der Waals surface area contributed by atoms with Gasteiger partial charge in [-0.2, -0.15) is 0 Å². The van der Waals surface area contributed by atoms with Crippen LogP contribution in [0.5, 0.6) is 0 Å². The SMILES string of the molecule is CC1=CC2=CC=CC(P)C2CC1. The molecule has 0 aromatic carbocycles. The van der Waals surface area contributed by atoms with Crippen molar-refractivity contribution in [1.82, 2.24) is 0 Å². The van der Waals surface area contributed by atoms with Crippen LogP contribution in [0.15, 0.2) is 35.5 Å². The van der Waals surface area contributed by atoms with Crippen LogP contribution in [0.1, 0.15) is 19.8 Å². The van der Waals surface area contributed by atoms with Gasteiger partial charge in [-0.3, -0.25) is 0 Å². The Morgan fingerprint density at radius 2 is 2.33 bits per heavy atom. The van der Waals surface area contributed by atoms with E-state index in [4.69, 9.17) is 0 Å². The van der Waals surface area contributed by atoms with Crippen molar-refractivity contribution in [3.63, 3.8) is 0 Å². The van der Waals surface area contributed by atoms with Gasteiger partial charge in [0.2, 0.25) is 0 Å². The van der Waals surface area contributed by atoms with Crippen LogP contribution in [0, 0.1) is 5.92 Å². The van der Waals surface area contributed by atoms with Crippen LogP contribution in [-0.2, 0) is 0 Å². The fraction of sp³-hybridized carbons (Fsp3) is 0.455. The van der Waals surface area contributed by atoms with E-state index in [1.165, 1.54) is 24.0 Å². The molecule has 2 aliphatic rings. The summed E-state index contributed by atoms with van der Waals surface area (Å²) in [7, 11) is 2.93. The molecule has 0 heterocycles. The largest absolute Gasteiger partial charge is 0.130 e. The van der Waals surface area contributed by atoms with Crippen LogP contribution in [0.25, 0.3) is 0 Å². The van der Waals surface area contributed by atoms with Gasteiger partial charge in [0.05, 0.1) is 0 Å². The maximum atomic E-state index is 2.93. The van der Waals surface area contributed by atoms with Crippen LogP contribution < -0.4 is 0 Å². The van der Waals surface area contributed by atoms with Gasteiger partial charge >= 0.3 is 0 Å². The lowest BCUT2D eigenvalue weighted by molar-refractivity contribution is 0.563. The highest BCUT2D eigenvalue weighted by atomic mass is 31.0. The number of allylic oxidation sites excluding steroid dienone is 6. The number of rotatable bonds is 0. The first-order valence-electron chi connectivity index (χ1n) is 4.58. The zero-order valence-electron chi connectivity index (χ0n) is 7.46. The van der Waals surface area contributed by atoms with E-state index in [0.29, 0.717) is 5.66 Å². The van der Waals surface area contributed by atoms with Gasteiger partial charge in [0, 0.05) is 0 Å². The topological polar surface area (TPSA) is 0 Å². The van der Waals surface area contributed by atoms with Crippen LogP contribution in [0.2, 0.25) is 0 Å². The Labute approximate surface area is 76.6 Å². The van der Waals surface area contributed by atoms with Crippen LogP contribution in [0.4, 0.5) is 0 Å². The van der Waals surface area contributed by atoms with Gasteiger partial charge in [-0.25, -0.2) is 0 Å². The smallest absolute Gasteiger partial charge is 0.00140 e. The molecule has 2 rings (SSSR count). The van der Waals surface area contributed by atoms with Crippen molar-refractivity contribution in [3.05, 3.63) is 35.5 Å². The predicted octanol–water partition coefficient (Wildman–Crippen LogP) is 3.08. The molecule has 1 heteroatoms. The van der Waals surface area contributed by atoms with Crippen molar-refractivity contribution >= 4 is 9.24 Å². The maximum absolute atomic E-state index is 2.93. The first-order chi connectivity index (χ1) is 5.77. The van der Waals surface area contributed by atoms with E-state index in [-0.39, 0.29) is 0 Å². The van der Waals surface area contributed by atoms with Gasteiger partial charge in [-0.15, -0.1) is 9.24 Å². The summed E-state index contributed by atoms with van der Waals surface area (Å²) >= 11 is 0. The van der Waals surface area contributed by atoms with Gasteiger partial charge in [0.1, 0.15) is 0 Å². The molecule has 0 aliphatic heterocycles. The second kappa shape index (κ2) is 3.18. The average Bonchev–Trinajstić information content (AvgIpc) is 2.04. The van der Waals surface area contributed by atoms with Crippen molar-refractivity contribution in [3.8, 4) is 0 Å². The molecule has 2 aliphatic carbocycles. The van der Waals surface area contributed by atoms with Crippen molar-refractivity contribution in [2.75, 3.05) is 0 Å². The summed E-state index contributed by atoms with van der Waals surface area (Å²) in [5.74, 6) is 0.767. The predicted molar refractivity (Wildman–Crippen MR) is 57.2 cm³/mol. The molecule has 0 aromatic heterocycles.